The van der Waals surface area contributed by atoms with E-state index in [1.54, 1.807) is 24.3 Å². The Labute approximate surface area is 192 Å². The number of carbonyl (C=O) groups excluding carboxylic acids is 2. The van der Waals surface area contributed by atoms with Crippen molar-refractivity contribution in [1.82, 2.24) is 4.31 Å². The minimum Gasteiger partial charge on any atom is -0.497 e. The van der Waals surface area contributed by atoms with Crippen molar-refractivity contribution in [2.45, 2.75) is 37.2 Å². The molecule has 3 rings (SSSR count). The summed E-state index contributed by atoms with van der Waals surface area (Å²) < 4.78 is 37.7. The Bertz CT molecular complexity index is 1100. The molecule has 0 aromatic heterocycles. The molecule has 0 bridgehead atoms. The Balaban J connectivity index is 1.72. The quantitative estimate of drug-likeness (QED) is 0.606. The number of hydrogen-bond donors (Lipinski definition) is 1. The van der Waals surface area contributed by atoms with E-state index in [1.165, 1.54) is 36.5 Å². The summed E-state index contributed by atoms with van der Waals surface area (Å²) in [4.78, 5) is 24.9. The predicted molar refractivity (Wildman–Crippen MR) is 121 cm³/mol. The van der Waals surface area contributed by atoms with Gasteiger partial charge in [-0.05, 0) is 50.1 Å². The van der Waals surface area contributed by atoms with Gasteiger partial charge in [0.25, 0.3) is 5.91 Å². The largest absolute Gasteiger partial charge is 0.497 e. The average molecular weight is 481 g/mol. The normalized spacial score (nSPS) is 15.6. The second kappa shape index (κ2) is 10.3. The van der Waals surface area contributed by atoms with Gasteiger partial charge in [-0.2, -0.15) is 4.31 Å². The molecule has 1 fully saturated rings. The summed E-state index contributed by atoms with van der Waals surface area (Å²) in [5.74, 6) is -0.803. The third kappa shape index (κ3) is 5.59. The highest BCUT2D eigenvalue weighted by molar-refractivity contribution is 7.89. The Morgan fingerprint density at radius 1 is 1.09 bits per heavy atom. The van der Waals surface area contributed by atoms with Crippen LogP contribution in [0.1, 0.15) is 36.5 Å². The Hall–Kier alpha value is -2.62. The van der Waals surface area contributed by atoms with Crippen molar-refractivity contribution in [3.8, 4) is 5.75 Å². The van der Waals surface area contributed by atoms with E-state index in [2.05, 4.69) is 5.32 Å². The number of esters is 1. The van der Waals surface area contributed by atoms with Crippen molar-refractivity contribution in [3.05, 3.63) is 53.1 Å². The fourth-order valence-electron chi connectivity index (χ4n) is 3.30. The van der Waals surface area contributed by atoms with Crippen LogP contribution in [-0.2, 0) is 19.6 Å². The van der Waals surface area contributed by atoms with Crippen molar-refractivity contribution in [2.24, 2.45) is 0 Å². The lowest BCUT2D eigenvalue weighted by molar-refractivity contribution is -0.123. The fourth-order valence-corrected chi connectivity index (χ4v) is 5.32. The molecule has 2 aromatic rings. The summed E-state index contributed by atoms with van der Waals surface area (Å²) in [5.41, 5.74) is 0.477. The number of carbonyl (C=O) groups is 2. The third-order valence-electron chi connectivity index (χ3n) is 5.09. The van der Waals surface area contributed by atoms with Gasteiger partial charge in [0.1, 0.15) is 10.6 Å². The highest BCUT2D eigenvalue weighted by atomic mass is 35.5. The molecule has 1 amide bonds. The highest BCUT2D eigenvalue weighted by Gasteiger charge is 2.29. The number of rotatable bonds is 7. The zero-order valence-corrected chi connectivity index (χ0v) is 19.4. The maximum atomic E-state index is 13.0. The van der Waals surface area contributed by atoms with Crippen molar-refractivity contribution in [1.29, 1.82) is 0 Å². The van der Waals surface area contributed by atoms with Gasteiger partial charge in [0.15, 0.2) is 6.10 Å². The topological polar surface area (TPSA) is 102 Å². The van der Waals surface area contributed by atoms with Gasteiger partial charge >= 0.3 is 5.97 Å². The van der Waals surface area contributed by atoms with Gasteiger partial charge in [-0.25, -0.2) is 13.2 Å². The van der Waals surface area contributed by atoms with Crippen LogP contribution in [0.2, 0.25) is 5.02 Å². The van der Waals surface area contributed by atoms with Crippen LogP contribution in [0.3, 0.4) is 0 Å². The summed E-state index contributed by atoms with van der Waals surface area (Å²) in [5, 5.41) is 2.67. The molecule has 1 aliphatic rings. The van der Waals surface area contributed by atoms with Crippen LogP contribution >= 0.6 is 11.6 Å². The molecule has 1 saturated heterocycles. The lowest BCUT2D eigenvalue weighted by Gasteiger charge is -2.26. The zero-order valence-electron chi connectivity index (χ0n) is 17.8. The number of sulfonamides is 1. The smallest absolute Gasteiger partial charge is 0.338 e. The van der Waals surface area contributed by atoms with Crippen LogP contribution in [0.4, 0.5) is 5.69 Å². The zero-order chi connectivity index (χ0) is 23.3. The predicted octanol–water partition coefficient (Wildman–Crippen LogP) is 3.71. The number of piperidine rings is 1. The van der Waals surface area contributed by atoms with Gasteiger partial charge in [0, 0.05) is 24.8 Å². The molecule has 1 unspecified atom stereocenters. The molecule has 1 atom stereocenters. The van der Waals surface area contributed by atoms with Crippen molar-refractivity contribution in [3.63, 3.8) is 0 Å². The molecule has 32 heavy (non-hydrogen) atoms. The van der Waals surface area contributed by atoms with E-state index in [0.717, 1.165) is 19.3 Å². The van der Waals surface area contributed by atoms with E-state index in [4.69, 9.17) is 21.1 Å². The van der Waals surface area contributed by atoms with Crippen LogP contribution in [0.15, 0.2) is 47.4 Å². The van der Waals surface area contributed by atoms with Crippen LogP contribution in [-0.4, -0.2) is 50.9 Å². The van der Waals surface area contributed by atoms with E-state index >= 15 is 0 Å². The van der Waals surface area contributed by atoms with E-state index in [9.17, 15) is 18.0 Å². The second-order valence-electron chi connectivity index (χ2n) is 7.38. The van der Waals surface area contributed by atoms with Gasteiger partial charge in [-0.3, -0.25) is 4.79 Å². The molecule has 8 nitrogen and oxygen atoms in total. The van der Waals surface area contributed by atoms with Gasteiger partial charge in [0.05, 0.1) is 17.7 Å². The first-order chi connectivity index (χ1) is 15.2. The number of benzene rings is 2. The summed E-state index contributed by atoms with van der Waals surface area (Å²) in [6.45, 7) is 2.25. The number of methoxy groups -OCH3 is 1. The van der Waals surface area contributed by atoms with Crippen molar-refractivity contribution >= 4 is 39.2 Å². The monoisotopic (exact) mass is 480 g/mol. The summed E-state index contributed by atoms with van der Waals surface area (Å²) in [6.07, 6.45) is 1.41. The molecule has 172 valence electrons. The maximum absolute atomic E-state index is 13.0. The molecule has 1 heterocycles. The summed E-state index contributed by atoms with van der Waals surface area (Å²) in [7, 11) is -2.33. The molecule has 10 heteroatoms. The summed E-state index contributed by atoms with van der Waals surface area (Å²) >= 11 is 6.14. The first-order valence-electron chi connectivity index (χ1n) is 10.2. The van der Waals surface area contributed by atoms with Crippen LogP contribution < -0.4 is 10.1 Å². The Morgan fingerprint density at radius 3 is 2.50 bits per heavy atom. The first kappa shape index (κ1) is 24.0. The number of amides is 1. The lowest BCUT2D eigenvalue weighted by Crippen LogP contribution is -2.36. The van der Waals surface area contributed by atoms with E-state index < -0.39 is 28.0 Å². The molecule has 0 saturated carbocycles. The summed E-state index contributed by atoms with van der Waals surface area (Å²) in [6, 6.07) is 10.7. The second-order valence-corrected chi connectivity index (χ2v) is 9.69. The van der Waals surface area contributed by atoms with Crippen molar-refractivity contribution < 1.29 is 27.5 Å². The molecule has 0 spiro atoms. The fraction of sp³-hybridized carbons (Fsp3) is 0.364. The molecule has 1 aliphatic heterocycles. The van der Waals surface area contributed by atoms with Crippen LogP contribution in [0, 0.1) is 0 Å². The Kier molecular flexibility index (Phi) is 7.76. The Morgan fingerprint density at radius 2 is 1.81 bits per heavy atom. The standard InChI is InChI=1S/C22H25ClN2O6S/c1-15(21(26)24-17-7-6-8-18(14-17)30-2)31-22(27)16-9-10-19(23)20(13-16)32(28,29)25-11-4-3-5-12-25/h6-10,13-15H,3-5,11-12H2,1-2H3,(H,24,26). The number of ether oxygens (including phenoxy) is 2. The minimum absolute atomic E-state index is 0.00832. The molecular formula is C22H25ClN2O6S. The SMILES string of the molecule is COc1cccc(NC(=O)C(C)OC(=O)c2ccc(Cl)c(S(=O)(=O)N3CCCCC3)c2)c1. The van der Waals surface area contributed by atoms with Crippen LogP contribution in [0.25, 0.3) is 0 Å². The van der Waals surface area contributed by atoms with Gasteiger partial charge in [-0.15, -0.1) is 0 Å². The maximum Gasteiger partial charge on any atom is 0.338 e. The van der Waals surface area contributed by atoms with E-state index in [0.29, 0.717) is 24.5 Å². The molecule has 1 N–H and O–H groups in total. The van der Waals surface area contributed by atoms with Crippen molar-refractivity contribution in [2.75, 3.05) is 25.5 Å². The number of nitrogens with zero attached hydrogens (tertiary/aromatic N) is 1. The van der Waals surface area contributed by atoms with Crippen LogP contribution in [0.5, 0.6) is 5.75 Å². The average Bonchev–Trinajstić information content (AvgIpc) is 2.79. The third-order valence-corrected chi connectivity index (χ3v) is 7.47. The van der Waals surface area contributed by atoms with Gasteiger partial charge < -0.3 is 14.8 Å². The van der Waals surface area contributed by atoms with Gasteiger partial charge in [-0.1, -0.05) is 24.1 Å². The number of hydrogen-bond acceptors (Lipinski definition) is 6. The molecule has 0 radical (unpaired) electrons. The number of nitrogens with one attached hydrogen (secondary N) is 1. The molecule has 0 aliphatic carbocycles. The van der Waals surface area contributed by atoms with E-state index in [-0.39, 0.29) is 15.5 Å². The molecule has 2 aromatic carbocycles. The lowest BCUT2D eigenvalue weighted by atomic mass is 10.2. The molecular weight excluding hydrogens is 456 g/mol. The van der Waals surface area contributed by atoms with E-state index in [1.807, 2.05) is 0 Å². The van der Waals surface area contributed by atoms with Gasteiger partial charge in [0.2, 0.25) is 10.0 Å². The number of halogens is 1. The highest BCUT2D eigenvalue weighted by Crippen LogP contribution is 2.28. The first-order valence-corrected chi connectivity index (χ1v) is 12.0. The number of anilines is 1. The minimum atomic E-state index is -3.84.